The zero-order valence-electron chi connectivity index (χ0n) is 11.4. The maximum Gasteiger partial charge on any atom is 0.122 e. The van der Waals surface area contributed by atoms with Crippen molar-refractivity contribution in [1.82, 2.24) is 0 Å². The SMILES string of the molecule is CCCC(C)COc1ccc(C(C)O)cc1C. The summed E-state index contributed by atoms with van der Waals surface area (Å²) in [6, 6.07) is 5.87. The minimum absolute atomic E-state index is 0.415. The molecule has 1 N–H and O–H groups in total. The Hall–Kier alpha value is -1.02. The molecule has 0 aromatic heterocycles. The predicted molar refractivity (Wildman–Crippen MR) is 71.4 cm³/mol. The topological polar surface area (TPSA) is 29.5 Å². The summed E-state index contributed by atoms with van der Waals surface area (Å²) in [4.78, 5) is 0. The molecule has 2 heteroatoms. The molecule has 0 saturated carbocycles. The zero-order valence-corrected chi connectivity index (χ0v) is 11.4. The van der Waals surface area contributed by atoms with Gasteiger partial charge in [-0.15, -0.1) is 0 Å². The zero-order chi connectivity index (χ0) is 12.8. The van der Waals surface area contributed by atoms with Gasteiger partial charge in [-0.25, -0.2) is 0 Å². The second-order valence-electron chi connectivity index (χ2n) is 4.91. The molecule has 0 fully saturated rings. The van der Waals surface area contributed by atoms with Crippen molar-refractivity contribution in [3.05, 3.63) is 29.3 Å². The number of rotatable bonds is 6. The molecule has 2 unspecified atom stereocenters. The summed E-state index contributed by atoms with van der Waals surface area (Å²) < 4.78 is 5.80. The van der Waals surface area contributed by atoms with Crippen LogP contribution in [0.5, 0.6) is 5.75 Å². The highest BCUT2D eigenvalue weighted by Crippen LogP contribution is 2.23. The van der Waals surface area contributed by atoms with Crippen LogP contribution in [0.25, 0.3) is 0 Å². The van der Waals surface area contributed by atoms with Gasteiger partial charge in [0.25, 0.3) is 0 Å². The summed E-state index contributed by atoms with van der Waals surface area (Å²) >= 11 is 0. The van der Waals surface area contributed by atoms with Crippen LogP contribution in [-0.4, -0.2) is 11.7 Å². The number of benzene rings is 1. The molecule has 0 heterocycles. The van der Waals surface area contributed by atoms with Gasteiger partial charge in [-0.3, -0.25) is 0 Å². The molecule has 96 valence electrons. The van der Waals surface area contributed by atoms with Crippen molar-refractivity contribution in [1.29, 1.82) is 0 Å². The van der Waals surface area contributed by atoms with Crippen LogP contribution in [0.3, 0.4) is 0 Å². The lowest BCUT2D eigenvalue weighted by Crippen LogP contribution is -2.09. The quantitative estimate of drug-likeness (QED) is 0.812. The highest BCUT2D eigenvalue weighted by molar-refractivity contribution is 5.36. The third-order valence-corrected chi connectivity index (χ3v) is 2.99. The summed E-state index contributed by atoms with van der Waals surface area (Å²) in [5.41, 5.74) is 2.03. The Morgan fingerprint density at radius 3 is 2.53 bits per heavy atom. The molecule has 0 radical (unpaired) electrons. The minimum atomic E-state index is -0.415. The predicted octanol–water partition coefficient (Wildman–Crippen LogP) is 3.86. The second kappa shape index (κ2) is 6.65. The van der Waals surface area contributed by atoms with E-state index in [9.17, 15) is 5.11 Å². The van der Waals surface area contributed by atoms with Crippen molar-refractivity contribution < 1.29 is 9.84 Å². The van der Waals surface area contributed by atoms with E-state index >= 15 is 0 Å². The summed E-state index contributed by atoms with van der Waals surface area (Å²) in [7, 11) is 0. The molecule has 0 spiro atoms. The fourth-order valence-electron chi connectivity index (χ4n) is 1.90. The lowest BCUT2D eigenvalue weighted by Gasteiger charge is -2.15. The fourth-order valence-corrected chi connectivity index (χ4v) is 1.90. The smallest absolute Gasteiger partial charge is 0.122 e. The van der Waals surface area contributed by atoms with Crippen molar-refractivity contribution in [3.8, 4) is 5.75 Å². The third kappa shape index (κ3) is 4.39. The van der Waals surface area contributed by atoms with Gasteiger partial charge in [0.2, 0.25) is 0 Å². The van der Waals surface area contributed by atoms with E-state index in [1.165, 1.54) is 12.8 Å². The van der Waals surface area contributed by atoms with Crippen molar-refractivity contribution in [2.75, 3.05) is 6.61 Å². The van der Waals surface area contributed by atoms with Crippen LogP contribution in [0.4, 0.5) is 0 Å². The number of aliphatic hydroxyl groups is 1. The van der Waals surface area contributed by atoms with Gasteiger partial charge in [0, 0.05) is 0 Å². The Bertz CT molecular complexity index is 345. The Balaban J connectivity index is 2.60. The molecule has 0 aliphatic rings. The number of ether oxygens (including phenoxy) is 1. The van der Waals surface area contributed by atoms with Crippen molar-refractivity contribution in [2.45, 2.75) is 46.6 Å². The third-order valence-electron chi connectivity index (χ3n) is 2.99. The van der Waals surface area contributed by atoms with E-state index in [2.05, 4.69) is 13.8 Å². The van der Waals surface area contributed by atoms with E-state index in [4.69, 9.17) is 4.74 Å². The molecule has 1 aromatic carbocycles. The fraction of sp³-hybridized carbons (Fsp3) is 0.600. The lowest BCUT2D eigenvalue weighted by atomic mass is 10.1. The minimum Gasteiger partial charge on any atom is -0.493 e. The maximum atomic E-state index is 9.49. The van der Waals surface area contributed by atoms with Gasteiger partial charge >= 0.3 is 0 Å². The monoisotopic (exact) mass is 236 g/mol. The molecule has 0 aliphatic carbocycles. The first kappa shape index (κ1) is 14.0. The van der Waals surface area contributed by atoms with Gasteiger partial charge in [-0.1, -0.05) is 26.3 Å². The largest absolute Gasteiger partial charge is 0.493 e. The molecule has 2 atom stereocenters. The number of hydrogen-bond acceptors (Lipinski definition) is 2. The van der Waals surface area contributed by atoms with Crippen LogP contribution in [0.15, 0.2) is 18.2 Å². The lowest BCUT2D eigenvalue weighted by molar-refractivity contribution is 0.199. The van der Waals surface area contributed by atoms with E-state index < -0.39 is 6.10 Å². The second-order valence-corrected chi connectivity index (χ2v) is 4.91. The van der Waals surface area contributed by atoms with Crippen LogP contribution in [0.2, 0.25) is 0 Å². The van der Waals surface area contributed by atoms with E-state index in [1.54, 1.807) is 6.92 Å². The van der Waals surface area contributed by atoms with E-state index in [0.717, 1.165) is 23.5 Å². The molecule has 0 bridgehead atoms. The molecule has 0 amide bonds. The van der Waals surface area contributed by atoms with Gasteiger partial charge in [-0.2, -0.15) is 0 Å². The van der Waals surface area contributed by atoms with E-state index in [-0.39, 0.29) is 0 Å². The number of aliphatic hydroxyl groups excluding tert-OH is 1. The summed E-state index contributed by atoms with van der Waals surface area (Å²) in [6.45, 7) is 8.97. The highest BCUT2D eigenvalue weighted by atomic mass is 16.5. The Morgan fingerprint density at radius 2 is 2.00 bits per heavy atom. The molecule has 2 nitrogen and oxygen atoms in total. The maximum absolute atomic E-state index is 9.49. The van der Waals surface area contributed by atoms with Gasteiger partial charge in [0.15, 0.2) is 0 Å². The first-order chi connectivity index (χ1) is 8.04. The molecular formula is C15H24O2. The van der Waals surface area contributed by atoms with Gasteiger partial charge < -0.3 is 9.84 Å². The van der Waals surface area contributed by atoms with E-state index in [1.807, 2.05) is 25.1 Å². The molecule has 0 aliphatic heterocycles. The van der Waals surface area contributed by atoms with Gasteiger partial charge in [-0.05, 0) is 49.4 Å². The summed E-state index contributed by atoms with van der Waals surface area (Å²) in [5, 5.41) is 9.49. The normalized spacial score (nSPS) is 14.4. The first-order valence-corrected chi connectivity index (χ1v) is 6.46. The van der Waals surface area contributed by atoms with Crippen molar-refractivity contribution >= 4 is 0 Å². The number of hydrogen-bond donors (Lipinski definition) is 1. The van der Waals surface area contributed by atoms with Crippen molar-refractivity contribution in [3.63, 3.8) is 0 Å². The molecule has 1 rings (SSSR count). The molecule has 0 saturated heterocycles. The average molecular weight is 236 g/mol. The van der Waals surface area contributed by atoms with Crippen LogP contribution in [0, 0.1) is 12.8 Å². The van der Waals surface area contributed by atoms with Gasteiger partial charge in [0.05, 0.1) is 12.7 Å². The Kier molecular flexibility index (Phi) is 5.49. The number of aryl methyl sites for hydroxylation is 1. The average Bonchev–Trinajstić information content (AvgIpc) is 2.27. The van der Waals surface area contributed by atoms with Crippen LogP contribution >= 0.6 is 0 Å². The molecular weight excluding hydrogens is 212 g/mol. The van der Waals surface area contributed by atoms with Crippen LogP contribution < -0.4 is 4.74 Å². The van der Waals surface area contributed by atoms with Crippen molar-refractivity contribution in [2.24, 2.45) is 5.92 Å². The van der Waals surface area contributed by atoms with E-state index in [0.29, 0.717) is 5.92 Å². The standard InChI is InChI=1S/C15H24O2/c1-5-6-11(2)10-17-15-8-7-14(13(4)16)9-12(15)3/h7-9,11,13,16H,5-6,10H2,1-4H3. The first-order valence-electron chi connectivity index (χ1n) is 6.46. The van der Waals surface area contributed by atoms with Gasteiger partial charge in [0.1, 0.15) is 5.75 Å². The summed E-state index contributed by atoms with van der Waals surface area (Å²) in [5.74, 6) is 1.52. The molecule has 1 aromatic rings. The highest BCUT2D eigenvalue weighted by Gasteiger charge is 2.07. The Morgan fingerprint density at radius 1 is 1.29 bits per heavy atom. The van der Waals surface area contributed by atoms with Crippen LogP contribution in [0.1, 0.15) is 50.8 Å². The summed E-state index contributed by atoms with van der Waals surface area (Å²) in [6.07, 6.45) is 1.98. The Labute approximate surface area is 105 Å². The molecule has 17 heavy (non-hydrogen) atoms. The van der Waals surface area contributed by atoms with Crippen LogP contribution in [-0.2, 0) is 0 Å².